The predicted octanol–water partition coefficient (Wildman–Crippen LogP) is 3.74. The molecular weight excluding hydrogens is 372 g/mol. The van der Waals surface area contributed by atoms with Gasteiger partial charge in [-0.3, -0.25) is 4.40 Å². The van der Waals surface area contributed by atoms with Crippen LogP contribution in [-0.4, -0.2) is 42.7 Å². The lowest BCUT2D eigenvalue weighted by Gasteiger charge is -2.15. The molecule has 0 saturated heterocycles. The van der Waals surface area contributed by atoms with Gasteiger partial charge in [0.2, 0.25) is 0 Å². The Bertz CT molecular complexity index is 1240. The lowest BCUT2D eigenvalue weighted by molar-refractivity contribution is 0.0549. The Morgan fingerprint density at radius 2 is 1.59 bits per heavy atom. The van der Waals surface area contributed by atoms with Gasteiger partial charge < -0.3 is 14.2 Å². The number of imidazole rings is 1. The van der Waals surface area contributed by atoms with Crippen LogP contribution in [0, 0.1) is 0 Å². The summed E-state index contributed by atoms with van der Waals surface area (Å²) in [5.41, 5.74) is 3.31. The van der Waals surface area contributed by atoms with Crippen molar-refractivity contribution in [3.05, 3.63) is 65.9 Å². The molecule has 7 nitrogen and oxygen atoms in total. The van der Waals surface area contributed by atoms with E-state index in [0.717, 1.165) is 0 Å². The summed E-state index contributed by atoms with van der Waals surface area (Å²) in [4.78, 5) is 30.2. The third-order valence-corrected chi connectivity index (χ3v) is 4.76. The fourth-order valence-corrected chi connectivity index (χ4v) is 3.41. The molecule has 4 aromatic rings. The smallest absolute Gasteiger partial charge is 0.356 e. The minimum absolute atomic E-state index is 0.0661. The predicted molar refractivity (Wildman–Crippen MR) is 107 cm³/mol. The van der Waals surface area contributed by atoms with Crippen molar-refractivity contribution in [2.75, 3.05) is 21.3 Å². The van der Waals surface area contributed by atoms with Gasteiger partial charge in [0.05, 0.1) is 37.9 Å². The molecule has 0 fully saturated rings. The normalized spacial score (nSPS) is 10.9. The summed E-state index contributed by atoms with van der Waals surface area (Å²) in [6.07, 6.45) is 0. The van der Waals surface area contributed by atoms with Gasteiger partial charge >= 0.3 is 11.9 Å². The van der Waals surface area contributed by atoms with E-state index >= 15 is 0 Å². The monoisotopic (exact) mass is 390 g/mol. The molecule has 0 radical (unpaired) electrons. The molecule has 2 aromatic carbocycles. The van der Waals surface area contributed by atoms with Crippen LogP contribution in [0.3, 0.4) is 0 Å². The first-order valence-electron chi connectivity index (χ1n) is 8.84. The van der Waals surface area contributed by atoms with Crippen LogP contribution in [0.1, 0.15) is 20.8 Å². The SMILES string of the molecule is COC(=O)c1c(-c2ccc(OC)cc2)cc2nc3ccccc3n2c1C(=O)OC. The largest absolute Gasteiger partial charge is 0.497 e. The maximum atomic E-state index is 12.8. The zero-order chi connectivity index (χ0) is 20.5. The second-order valence-corrected chi connectivity index (χ2v) is 6.29. The topological polar surface area (TPSA) is 79.1 Å². The van der Waals surface area contributed by atoms with Crippen molar-refractivity contribution in [3.8, 4) is 16.9 Å². The quantitative estimate of drug-likeness (QED) is 0.494. The van der Waals surface area contributed by atoms with Crippen LogP contribution in [0.2, 0.25) is 0 Å². The van der Waals surface area contributed by atoms with Crippen molar-refractivity contribution < 1.29 is 23.8 Å². The fraction of sp³-hybridized carbons (Fsp3) is 0.136. The van der Waals surface area contributed by atoms with Gasteiger partial charge in [0.1, 0.15) is 17.1 Å². The summed E-state index contributed by atoms with van der Waals surface area (Å²) in [6.45, 7) is 0. The Kier molecular flexibility index (Phi) is 4.64. The minimum Gasteiger partial charge on any atom is -0.497 e. The Morgan fingerprint density at radius 1 is 0.897 bits per heavy atom. The van der Waals surface area contributed by atoms with Gasteiger partial charge in [0.25, 0.3) is 0 Å². The summed E-state index contributed by atoms with van der Waals surface area (Å²) in [6, 6.07) is 16.3. The molecule has 0 spiro atoms. The number of pyridine rings is 1. The number of para-hydroxylation sites is 2. The van der Waals surface area contributed by atoms with E-state index in [9.17, 15) is 9.59 Å². The molecule has 0 aliphatic heterocycles. The molecule has 0 N–H and O–H groups in total. The fourth-order valence-electron chi connectivity index (χ4n) is 3.41. The number of hydrogen-bond donors (Lipinski definition) is 0. The molecule has 7 heteroatoms. The van der Waals surface area contributed by atoms with Crippen molar-refractivity contribution in [2.45, 2.75) is 0 Å². The Hall–Kier alpha value is -3.87. The molecule has 0 unspecified atom stereocenters. The highest BCUT2D eigenvalue weighted by Gasteiger charge is 2.28. The Balaban J connectivity index is 2.16. The molecule has 0 aliphatic carbocycles. The Morgan fingerprint density at radius 3 is 2.24 bits per heavy atom. The average Bonchev–Trinajstić information content (AvgIpc) is 3.15. The summed E-state index contributed by atoms with van der Waals surface area (Å²) in [7, 11) is 4.12. The number of carbonyl (C=O) groups is 2. The van der Waals surface area contributed by atoms with Crippen molar-refractivity contribution in [1.82, 2.24) is 9.38 Å². The zero-order valence-corrected chi connectivity index (χ0v) is 16.1. The van der Waals surface area contributed by atoms with E-state index in [1.165, 1.54) is 14.2 Å². The first-order chi connectivity index (χ1) is 14.1. The summed E-state index contributed by atoms with van der Waals surface area (Å²) in [5.74, 6) is -0.626. The second-order valence-electron chi connectivity index (χ2n) is 6.29. The van der Waals surface area contributed by atoms with Gasteiger partial charge in [-0.25, -0.2) is 14.6 Å². The summed E-state index contributed by atoms with van der Waals surface area (Å²) >= 11 is 0. The van der Waals surface area contributed by atoms with E-state index in [1.54, 1.807) is 41.8 Å². The first-order valence-corrected chi connectivity index (χ1v) is 8.84. The van der Waals surface area contributed by atoms with Gasteiger partial charge in [0, 0.05) is 5.56 Å². The number of ether oxygens (including phenoxy) is 3. The van der Waals surface area contributed by atoms with Crippen LogP contribution < -0.4 is 4.74 Å². The van der Waals surface area contributed by atoms with Crippen molar-refractivity contribution >= 4 is 28.6 Å². The number of fused-ring (bicyclic) bond motifs is 3. The van der Waals surface area contributed by atoms with Crippen molar-refractivity contribution in [1.29, 1.82) is 0 Å². The molecular formula is C22H18N2O5. The Labute approximate surface area is 166 Å². The number of rotatable bonds is 4. The highest BCUT2D eigenvalue weighted by molar-refractivity contribution is 6.08. The zero-order valence-electron chi connectivity index (χ0n) is 16.1. The highest BCUT2D eigenvalue weighted by atomic mass is 16.5. The molecule has 0 bridgehead atoms. The summed E-state index contributed by atoms with van der Waals surface area (Å²) in [5, 5.41) is 0. The van der Waals surface area contributed by atoms with E-state index in [-0.39, 0.29) is 11.3 Å². The van der Waals surface area contributed by atoms with Gasteiger partial charge in [-0.1, -0.05) is 24.3 Å². The highest BCUT2D eigenvalue weighted by Crippen LogP contribution is 2.32. The van der Waals surface area contributed by atoms with E-state index in [0.29, 0.717) is 33.6 Å². The maximum absolute atomic E-state index is 12.8. The number of esters is 2. The maximum Gasteiger partial charge on any atom is 0.356 e. The van der Waals surface area contributed by atoms with Gasteiger partial charge in [0.15, 0.2) is 0 Å². The van der Waals surface area contributed by atoms with Crippen molar-refractivity contribution in [3.63, 3.8) is 0 Å². The molecule has 29 heavy (non-hydrogen) atoms. The van der Waals surface area contributed by atoms with Crippen LogP contribution >= 0.6 is 0 Å². The first kappa shape index (κ1) is 18.5. The second kappa shape index (κ2) is 7.27. The number of nitrogens with zero attached hydrogens (tertiary/aromatic N) is 2. The van der Waals surface area contributed by atoms with Crippen molar-refractivity contribution in [2.24, 2.45) is 0 Å². The van der Waals surface area contributed by atoms with E-state index in [2.05, 4.69) is 4.98 Å². The number of carbonyl (C=O) groups excluding carboxylic acids is 2. The number of benzene rings is 2. The molecule has 146 valence electrons. The molecule has 2 aromatic heterocycles. The minimum atomic E-state index is -0.658. The molecule has 4 rings (SSSR count). The third kappa shape index (κ3) is 2.97. The molecule has 0 atom stereocenters. The molecule has 0 amide bonds. The molecule has 2 heterocycles. The average molecular weight is 390 g/mol. The van der Waals surface area contributed by atoms with E-state index in [4.69, 9.17) is 14.2 Å². The van der Waals surface area contributed by atoms with E-state index in [1.807, 2.05) is 24.3 Å². The van der Waals surface area contributed by atoms with Gasteiger partial charge in [-0.2, -0.15) is 0 Å². The van der Waals surface area contributed by atoms with E-state index < -0.39 is 11.9 Å². The van der Waals surface area contributed by atoms with Crippen LogP contribution in [0.5, 0.6) is 5.75 Å². The van der Waals surface area contributed by atoms with Crippen LogP contribution in [0.4, 0.5) is 0 Å². The standard InChI is InChI=1S/C22H18N2O5/c1-27-14-10-8-13(9-11-14)15-12-18-23-16-6-4-5-7-17(16)24(18)20(22(26)29-3)19(15)21(25)28-2/h4-12H,1-3H3. The molecule has 0 saturated carbocycles. The lowest BCUT2D eigenvalue weighted by atomic mass is 9.98. The lowest BCUT2D eigenvalue weighted by Crippen LogP contribution is -2.18. The van der Waals surface area contributed by atoms with Gasteiger partial charge in [-0.15, -0.1) is 0 Å². The van der Waals surface area contributed by atoms with Crippen LogP contribution in [0.25, 0.3) is 27.8 Å². The summed E-state index contributed by atoms with van der Waals surface area (Å²) < 4.78 is 16.9. The number of hydrogen-bond acceptors (Lipinski definition) is 6. The van der Waals surface area contributed by atoms with Crippen LogP contribution in [0.15, 0.2) is 54.6 Å². The molecule has 0 aliphatic rings. The van der Waals surface area contributed by atoms with Crippen LogP contribution in [-0.2, 0) is 9.47 Å². The number of aromatic nitrogens is 2. The number of methoxy groups -OCH3 is 3. The third-order valence-electron chi connectivity index (χ3n) is 4.76. The van der Waals surface area contributed by atoms with Gasteiger partial charge in [-0.05, 0) is 35.9 Å².